The van der Waals surface area contributed by atoms with Crippen LogP contribution in [0.1, 0.15) is 54.9 Å². The van der Waals surface area contributed by atoms with Crippen LogP contribution in [-0.4, -0.2) is 91.8 Å². The third kappa shape index (κ3) is 4.96. The van der Waals surface area contributed by atoms with Gasteiger partial charge in [0.1, 0.15) is 17.5 Å². The van der Waals surface area contributed by atoms with E-state index in [1.54, 1.807) is 18.1 Å². The Hall–Kier alpha value is -3.44. The van der Waals surface area contributed by atoms with Gasteiger partial charge in [0.2, 0.25) is 11.9 Å². The maximum absolute atomic E-state index is 13.2. The maximum Gasteiger partial charge on any atom is 0.251 e. The smallest absolute Gasteiger partial charge is 0.251 e. The van der Waals surface area contributed by atoms with Gasteiger partial charge in [-0.2, -0.15) is 4.98 Å². The number of hydrogen-bond donors (Lipinski definition) is 2. The number of amides is 2. The zero-order valence-electron chi connectivity index (χ0n) is 23.6. The van der Waals surface area contributed by atoms with Crippen LogP contribution in [0.2, 0.25) is 0 Å². The highest BCUT2D eigenvalue weighted by Gasteiger charge is 2.41. The second kappa shape index (κ2) is 11.2. The molecule has 2 fully saturated rings. The van der Waals surface area contributed by atoms with Gasteiger partial charge < -0.3 is 34.8 Å². The van der Waals surface area contributed by atoms with Crippen LogP contribution < -0.4 is 25.2 Å². The van der Waals surface area contributed by atoms with Gasteiger partial charge in [-0.15, -0.1) is 0 Å². The van der Waals surface area contributed by atoms with E-state index in [0.29, 0.717) is 49.5 Å². The molecular formula is C29H39N7O4. The first kappa shape index (κ1) is 26.8. The molecule has 1 saturated carbocycles. The lowest BCUT2D eigenvalue weighted by Crippen LogP contribution is -2.55. The fraction of sp³-hybridized carbons (Fsp3) is 0.586. The van der Waals surface area contributed by atoms with Crippen LogP contribution in [0.3, 0.4) is 0 Å². The lowest BCUT2D eigenvalue weighted by molar-refractivity contribution is -0.120. The molecule has 11 heteroatoms. The van der Waals surface area contributed by atoms with E-state index in [9.17, 15) is 9.59 Å². The fourth-order valence-corrected chi connectivity index (χ4v) is 6.46. The van der Waals surface area contributed by atoms with Gasteiger partial charge in [0.25, 0.3) is 5.91 Å². The quantitative estimate of drug-likeness (QED) is 0.538. The minimum atomic E-state index is -0.229. The largest absolute Gasteiger partial charge is 0.491 e. The van der Waals surface area contributed by atoms with Crippen LogP contribution in [0, 0.1) is 0 Å². The first-order valence-electron chi connectivity index (χ1n) is 14.5. The molecule has 4 aliphatic rings. The third-order valence-corrected chi connectivity index (χ3v) is 8.59. The number of anilines is 4. The summed E-state index contributed by atoms with van der Waals surface area (Å²) in [6, 6.07) is 3.76. The molecule has 1 aliphatic carbocycles. The van der Waals surface area contributed by atoms with Crippen LogP contribution in [0.4, 0.5) is 23.1 Å². The predicted octanol–water partition coefficient (Wildman–Crippen LogP) is 2.72. The average molecular weight is 550 g/mol. The summed E-state index contributed by atoms with van der Waals surface area (Å²) in [5.41, 5.74) is 2.95. The first-order chi connectivity index (χ1) is 19.4. The Morgan fingerprint density at radius 2 is 2.00 bits per heavy atom. The number of morpholine rings is 1. The summed E-state index contributed by atoms with van der Waals surface area (Å²) in [4.78, 5) is 41.9. The number of benzene rings is 1. The van der Waals surface area contributed by atoms with Gasteiger partial charge in [0.15, 0.2) is 5.82 Å². The zero-order valence-corrected chi connectivity index (χ0v) is 23.6. The molecule has 0 unspecified atom stereocenters. The summed E-state index contributed by atoms with van der Waals surface area (Å²) in [6.45, 7) is 5.42. The van der Waals surface area contributed by atoms with Crippen molar-refractivity contribution in [1.82, 2.24) is 20.2 Å². The highest BCUT2D eigenvalue weighted by atomic mass is 16.5. The number of carbonyl (C=O) groups excluding carboxylic acids is 2. The van der Waals surface area contributed by atoms with Gasteiger partial charge in [0.05, 0.1) is 31.2 Å². The van der Waals surface area contributed by atoms with Gasteiger partial charge in [-0.05, 0) is 38.4 Å². The van der Waals surface area contributed by atoms with Gasteiger partial charge in [-0.1, -0.05) is 19.8 Å². The molecule has 2 N–H and O–H groups in total. The van der Waals surface area contributed by atoms with Crippen molar-refractivity contribution >= 4 is 35.0 Å². The summed E-state index contributed by atoms with van der Waals surface area (Å²) < 4.78 is 11.8. The van der Waals surface area contributed by atoms with E-state index in [1.165, 1.54) is 12.8 Å². The SMILES string of the molecule is CC[C@@H]1C(=O)N(C)c2cnc(Nc3ccc(C(=O)NC[C@@H]4CN(C)CCO4)c4c3OCC4)nc2N1C1CCCC1. The lowest BCUT2D eigenvalue weighted by Gasteiger charge is -2.43. The summed E-state index contributed by atoms with van der Waals surface area (Å²) in [5.74, 6) is 1.86. The van der Waals surface area contributed by atoms with Crippen molar-refractivity contribution in [2.24, 2.45) is 0 Å². The molecule has 40 heavy (non-hydrogen) atoms. The molecular weight excluding hydrogens is 510 g/mol. The molecule has 0 bridgehead atoms. The standard InChI is InChI=1S/C29H39N7O4/c1-4-23-28(38)35(3)24-16-31-29(33-26(24)36(23)18-7-5-6-8-18)32-22-10-9-21(20-11-13-40-25(20)22)27(37)30-15-19-17-34(2)12-14-39-19/h9-10,16,18-19,23H,4-8,11-15,17H2,1-3H3,(H,30,37)(H,31,32,33)/t19-,23-/m1/s1. The van der Waals surface area contributed by atoms with E-state index < -0.39 is 0 Å². The number of aromatic nitrogens is 2. The number of carbonyl (C=O) groups is 2. The summed E-state index contributed by atoms with van der Waals surface area (Å²) in [5, 5.41) is 6.39. The van der Waals surface area contributed by atoms with E-state index in [-0.39, 0.29) is 24.0 Å². The highest BCUT2D eigenvalue weighted by Crippen LogP contribution is 2.41. The van der Waals surface area contributed by atoms with E-state index in [2.05, 4.69) is 39.4 Å². The molecule has 1 aromatic heterocycles. The zero-order chi connectivity index (χ0) is 27.8. The number of fused-ring (bicyclic) bond motifs is 2. The summed E-state index contributed by atoms with van der Waals surface area (Å²) in [6.07, 6.45) is 7.55. The van der Waals surface area contributed by atoms with Crippen LogP contribution in [0.5, 0.6) is 5.75 Å². The number of rotatable bonds is 7. The molecule has 0 radical (unpaired) electrons. The van der Waals surface area contributed by atoms with Crippen LogP contribution in [0.25, 0.3) is 0 Å². The minimum absolute atomic E-state index is 0.0143. The number of ether oxygens (including phenoxy) is 2. The number of hydrogen-bond acceptors (Lipinski definition) is 9. The van der Waals surface area contributed by atoms with Crippen molar-refractivity contribution in [3.63, 3.8) is 0 Å². The lowest BCUT2D eigenvalue weighted by atomic mass is 10.0. The molecule has 11 nitrogen and oxygen atoms in total. The molecule has 2 aromatic rings. The Morgan fingerprint density at radius 3 is 2.77 bits per heavy atom. The topological polar surface area (TPSA) is 112 Å². The van der Waals surface area contributed by atoms with E-state index in [4.69, 9.17) is 14.5 Å². The molecule has 6 rings (SSSR count). The second-order valence-corrected chi connectivity index (χ2v) is 11.2. The Morgan fingerprint density at radius 1 is 1.18 bits per heavy atom. The molecule has 1 saturated heterocycles. The highest BCUT2D eigenvalue weighted by molar-refractivity contribution is 6.04. The van der Waals surface area contributed by atoms with Crippen molar-refractivity contribution in [2.45, 2.75) is 63.6 Å². The molecule has 4 heterocycles. The minimum Gasteiger partial charge on any atom is -0.491 e. The Kier molecular flexibility index (Phi) is 7.50. The Balaban J connectivity index is 1.24. The predicted molar refractivity (Wildman–Crippen MR) is 153 cm³/mol. The van der Waals surface area contributed by atoms with Crippen LogP contribution in [0.15, 0.2) is 18.3 Å². The van der Waals surface area contributed by atoms with Crippen LogP contribution >= 0.6 is 0 Å². The fourth-order valence-electron chi connectivity index (χ4n) is 6.46. The van der Waals surface area contributed by atoms with Crippen molar-refractivity contribution in [3.8, 4) is 5.75 Å². The van der Waals surface area contributed by atoms with Crippen molar-refractivity contribution in [1.29, 1.82) is 0 Å². The maximum atomic E-state index is 13.2. The molecule has 0 spiro atoms. The first-order valence-corrected chi connectivity index (χ1v) is 14.5. The Labute approximate surface area is 235 Å². The number of nitrogens with zero attached hydrogens (tertiary/aromatic N) is 5. The molecule has 214 valence electrons. The Bertz CT molecular complexity index is 1280. The van der Waals surface area contributed by atoms with Gasteiger partial charge in [0, 0.05) is 50.3 Å². The average Bonchev–Trinajstić information content (AvgIpc) is 3.67. The van der Waals surface area contributed by atoms with Crippen molar-refractivity contribution < 1.29 is 19.1 Å². The van der Waals surface area contributed by atoms with Gasteiger partial charge in [-0.3, -0.25) is 9.59 Å². The monoisotopic (exact) mass is 549 g/mol. The van der Waals surface area contributed by atoms with Crippen LogP contribution in [-0.2, 0) is 16.0 Å². The van der Waals surface area contributed by atoms with Gasteiger partial charge >= 0.3 is 0 Å². The number of likely N-dealkylation sites (N-methyl/N-ethyl adjacent to an activating group) is 2. The summed E-state index contributed by atoms with van der Waals surface area (Å²) >= 11 is 0. The van der Waals surface area contributed by atoms with E-state index in [0.717, 1.165) is 55.1 Å². The van der Waals surface area contributed by atoms with Gasteiger partial charge in [-0.25, -0.2) is 4.98 Å². The normalized spacial score (nSPS) is 23.1. The summed E-state index contributed by atoms with van der Waals surface area (Å²) in [7, 11) is 3.86. The van der Waals surface area contributed by atoms with Crippen molar-refractivity contribution in [3.05, 3.63) is 29.5 Å². The van der Waals surface area contributed by atoms with E-state index in [1.807, 2.05) is 12.1 Å². The molecule has 3 aliphatic heterocycles. The molecule has 1 aromatic carbocycles. The second-order valence-electron chi connectivity index (χ2n) is 11.2. The third-order valence-electron chi connectivity index (χ3n) is 8.59. The van der Waals surface area contributed by atoms with E-state index >= 15 is 0 Å². The van der Waals surface area contributed by atoms with Crippen molar-refractivity contribution in [2.75, 3.05) is 62.1 Å². The molecule has 2 atom stereocenters. The molecule has 2 amide bonds. The number of nitrogens with one attached hydrogen (secondary N) is 2.